The summed E-state index contributed by atoms with van der Waals surface area (Å²) in [5.41, 5.74) is -1.63. The Hall–Kier alpha value is -2.94. The Morgan fingerprint density at radius 1 is 0.730 bits per heavy atom. The summed E-state index contributed by atoms with van der Waals surface area (Å²) >= 11 is 1.66. The zero-order chi connectivity index (χ0) is 28.6. The highest BCUT2D eigenvalue weighted by Crippen LogP contribution is 2.33. The molecule has 4 amide bonds. The predicted molar refractivity (Wildman–Crippen MR) is 135 cm³/mol. The van der Waals surface area contributed by atoms with Crippen LogP contribution in [-0.2, 0) is 38.1 Å². The summed E-state index contributed by atoms with van der Waals surface area (Å²) < 4.78 is 19.7. The van der Waals surface area contributed by atoms with E-state index < -0.39 is 59.2 Å². The van der Waals surface area contributed by atoms with Gasteiger partial charge in [0, 0.05) is 11.5 Å². The molecule has 1 aliphatic heterocycles. The van der Waals surface area contributed by atoms with E-state index in [4.69, 9.17) is 18.9 Å². The van der Waals surface area contributed by atoms with Gasteiger partial charge < -0.3 is 29.6 Å². The summed E-state index contributed by atoms with van der Waals surface area (Å²) in [6.45, 7) is 9.90. The number of hydrogen-bond donors (Lipinski definition) is 3. The lowest BCUT2D eigenvalue weighted by Gasteiger charge is -2.23. The first kappa shape index (κ1) is 32.1. The van der Waals surface area contributed by atoms with E-state index in [1.165, 1.54) is 0 Å². The molecule has 0 radical (unpaired) electrons. The van der Waals surface area contributed by atoms with Crippen LogP contribution in [0.2, 0.25) is 0 Å². The van der Waals surface area contributed by atoms with Crippen molar-refractivity contribution in [2.24, 2.45) is 0 Å². The fourth-order valence-corrected chi connectivity index (χ4v) is 4.81. The molecule has 1 rings (SSSR count). The molecule has 1 aliphatic rings. The van der Waals surface area contributed by atoms with E-state index in [0.717, 1.165) is 37.7 Å². The highest BCUT2D eigenvalue weighted by Gasteiger charge is 2.35. The van der Waals surface area contributed by atoms with Gasteiger partial charge >= 0.3 is 24.1 Å². The van der Waals surface area contributed by atoms with E-state index in [9.17, 15) is 28.8 Å². The maximum Gasteiger partial charge on any atom is 0.408 e. The van der Waals surface area contributed by atoms with Crippen LogP contribution < -0.4 is 16.0 Å². The van der Waals surface area contributed by atoms with Gasteiger partial charge in [0.2, 0.25) is 0 Å². The number of thioether (sulfide) groups is 2. The van der Waals surface area contributed by atoms with Crippen LogP contribution in [0.5, 0.6) is 0 Å². The summed E-state index contributed by atoms with van der Waals surface area (Å²) in [6, 6.07) is -2.38. The van der Waals surface area contributed by atoms with Gasteiger partial charge in [-0.2, -0.15) is 0 Å². The molecule has 13 nitrogen and oxygen atoms in total. The van der Waals surface area contributed by atoms with Gasteiger partial charge in [0.05, 0.1) is 24.0 Å². The van der Waals surface area contributed by atoms with Crippen molar-refractivity contribution in [2.45, 2.75) is 64.8 Å². The fourth-order valence-electron chi connectivity index (χ4n) is 2.54. The van der Waals surface area contributed by atoms with Crippen LogP contribution in [0, 0.1) is 0 Å². The lowest BCUT2D eigenvalue weighted by Crippen LogP contribution is -2.45. The molecule has 37 heavy (non-hydrogen) atoms. The third-order valence-electron chi connectivity index (χ3n) is 3.99. The highest BCUT2D eigenvalue weighted by molar-refractivity contribution is 8.08. The number of carbonyl (C=O) groups excluding carboxylic acids is 6. The Balaban J connectivity index is 3.01. The molecule has 0 saturated heterocycles. The van der Waals surface area contributed by atoms with Gasteiger partial charge in [0.15, 0.2) is 0 Å². The van der Waals surface area contributed by atoms with Gasteiger partial charge in [0.25, 0.3) is 11.8 Å². The van der Waals surface area contributed by atoms with Gasteiger partial charge in [-0.25, -0.2) is 19.2 Å². The number of hydrogen-bond acceptors (Lipinski definition) is 12. The summed E-state index contributed by atoms with van der Waals surface area (Å²) in [6.07, 6.45) is -1.73. The number of carbonyl (C=O) groups is 6. The summed E-state index contributed by atoms with van der Waals surface area (Å²) in [5.74, 6) is -3.33. The molecule has 208 valence electrons. The minimum absolute atomic E-state index is 0.0317. The molecule has 0 unspecified atom stereocenters. The monoisotopic (exact) mass is 563 g/mol. The van der Waals surface area contributed by atoms with Crippen LogP contribution in [0.1, 0.15) is 41.5 Å². The molecule has 0 saturated carbocycles. The Morgan fingerprint density at radius 2 is 1.05 bits per heavy atom. The van der Waals surface area contributed by atoms with Crippen molar-refractivity contribution < 1.29 is 47.7 Å². The lowest BCUT2D eigenvalue weighted by atomic mass is 10.2. The van der Waals surface area contributed by atoms with E-state index in [2.05, 4.69) is 16.0 Å². The zero-order valence-corrected chi connectivity index (χ0v) is 23.6. The van der Waals surface area contributed by atoms with Crippen LogP contribution in [0.15, 0.2) is 9.81 Å². The molecule has 2 atom stereocenters. The number of amides is 4. The van der Waals surface area contributed by atoms with Crippen molar-refractivity contribution in [1.82, 2.24) is 16.0 Å². The molecule has 0 aromatic heterocycles. The first-order valence-electron chi connectivity index (χ1n) is 11.0. The van der Waals surface area contributed by atoms with Gasteiger partial charge in [-0.15, -0.1) is 23.5 Å². The SMILES string of the molecule is COC(=O)[C@H](CSC1=C(SC[C@H](NC(=O)OC(C)(C)C)C(=O)OC)C(=O)NC1=O)NC(=O)OC(C)(C)C. The van der Waals surface area contributed by atoms with Gasteiger partial charge in [-0.1, -0.05) is 0 Å². The zero-order valence-electron chi connectivity index (χ0n) is 22.0. The van der Waals surface area contributed by atoms with Crippen LogP contribution in [0.3, 0.4) is 0 Å². The minimum atomic E-state index is -1.19. The molecule has 0 bridgehead atoms. The highest BCUT2D eigenvalue weighted by atomic mass is 32.2. The Morgan fingerprint density at radius 3 is 1.32 bits per heavy atom. The van der Waals surface area contributed by atoms with Crippen molar-refractivity contribution >= 4 is 59.5 Å². The molecule has 0 aromatic rings. The maximum absolute atomic E-state index is 12.4. The first-order chi connectivity index (χ1) is 17.0. The summed E-state index contributed by atoms with van der Waals surface area (Å²) in [5, 5.41) is 6.90. The maximum atomic E-state index is 12.4. The van der Waals surface area contributed by atoms with Crippen LogP contribution >= 0.6 is 23.5 Å². The molecule has 1 heterocycles. The van der Waals surface area contributed by atoms with Crippen molar-refractivity contribution in [3.63, 3.8) is 0 Å². The number of ether oxygens (including phenoxy) is 4. The molecule has 3 N–H and O–H groups in total. The number of esters is 2. The van der Waals surface area contributed by atoms with E-state index in [1.807, 2.05) is 0 Å². The largest absolute Gasteiger partial charge is 0.467 e. The molecular weight excluding hydrogens is 530 g/mol. The molecule has 0 aromatic carbocycles. The number of methoxy groups -OCH3 is 2. The van der Waals surface area contributed by atoms with Crippen molar-refractivity contribution in [3.05, 3.63) is 9.81 Å². The number of nitrogens with one attached hydrogen (secondary N) is 3. The van der Waals surface area contributed by atoms with E-state index in [0.29, 0.717) is 0 Å². The van der Waals surface area contributed by atoms with Gasteiger partial charge in [0.1, 0.15) is 23.3 Å². The van der Waals surface area contributed by atoms with Crippen molar-refractivity contribution in [3.8, 4) is 0 Å². The average Bonchev–Trinajstić information content (AvgIpc) is 3.02. The Labute approximate surface area is 223 Å². The van der Waals surface area contributed by atoms with Gasteiger partial charge in [-0.3, -0.25) is 14.9 Å². The quantitative estimate of drug-likeness (QED) is 0.198. The smallest absolute Gasteiger partial charge is 0.408 e. The summed E-state index contributed by atoms with van der Waals surface area (Å²) in [7, 11) is 2.27. The van der Waals surface area contributed by atoms with Crippen molar-refractivity contribution in [1.29, 1.82) is 0 Å². The molecule has 0 aliphatic carbocycles. The molecule has 15 heteroatoms. The topological polar surface area (TPSA) is 175 Å². The second-order valence-electron chi connectivity index (χ2n) is 9.51. The van der Waals surface area contributed by atoms with Crippen LogP contribution in [-0.4, -0.2) is 85.0 Å². The predicted octanol–water partition coefficient (Wildman–Crippen LogP) is 1.45. The third-order valence-corrected chi connectivity index (χ3v) is 6.47. The van der Waals surface area contributed by atoms with Gasteiger partial charge in [-0.05, 0) is 41.5 Å². The van der Waals surface area contributed by atoms with Crippen LogP contribution in [0.25, 0.3) is 0 Å². The number of alkyl carbamates (subject to hydrolysis) is 2. The van der Waals surface area contributed by atoms with Crippen molar-refractivity contribution in [2.75, 3.05) is 25.7 Å². The summed E-state index contributed by atoms with van der Waals surface area (Å²) in [4.78, 5) is 73.3. The molecule has 0 spiro atoms. The third kappa shape index (κ3) is 11.3. The molecule has 0 fully saturated rings. The lowest BCUT2D eigenvalue weighted by molar-refractivity contribution is -0.143. The second-order valence-corrected chi connectivity index (χ2v) is 11.6. The number of imide groups is 1. The Bertz CT molecular complexity index is 879. The van der Waals surface area contributed by atoms with E-state index in [1.54, 1.807) is 41.5 Å². The van der Waals surface area contributed by atoms with Crippen LogP contribution in [0.4, 0.5) is 9.59 Å². The standard InChI is InChI=1S/C22H33N3O10S2/c1-21(2,3)34-19(30)23-11(17(28)32-7)9-36-13-14(16(27)25-15(13)26)37-10-12(18(29)33-8)24-20(31)35-22(4,5)6/h11-12H,9-10H2,1-8H3,(H,23,30)(H,24,31)(H,25,26,27)/t11-,12-/m0/s1. The van der Waals surface area contributed by atoms with E-state index >= 15 is 0 Å². The molecular formula is C22H33N3O10S2. The average molecular weight is 564 g/mol. The number of rotatable bonds is 10. The fraction of sp³-hybridized carbons (Fsp3) is 0.636. The normalized spacial score (nSPS) is 15.4. The minimum Gasteiger partial charge on any atom is -0.467 e. The second kappa shape index (κ2) is 13.6. The van der Waals surface area contributed by atoms with E-state index in [-0.39, 0.29) is 21.3 Å². The Kier molecular flexibility index (Phi) is 11.8. The first-order valence-corrected chi connectivity index (χ1v) is 12.9.